The molecule has 0 aliphatic heterocycles. The highest BCUT2D eigenvalue weighted by molar-refractivity contribution is 7.11. The van der Waals surface area contributed by atoms with Crippen LogP contribution >= 0.6 is 11.3 Å². The number of amides is 1. The fraction of sp³-hybridized carbons (Fsp3) is 0.500. The van der Waals surface area contributed by atoms with Crippen molar-refractivity contribution in [2.24, 2.45) is 0 Å². The molecule has 5 nitrogen and oxygen atoms in total. The predicted octanol–water partition coefficient (Wildman–Crippen LogP) is 2.56. The van der Waals surface area contributed by atoms with E-state index in [1.807, 2.05) is 4.90 Å². The van der Waals surface area contributed by atoms with Crippen molar-refractivity contribution in [1.29, 1.82) is 0 Å². The Hall–Kier alpha value is -1.66. The molecule has 3 rings (SSSR count). The van der Waals surface area contributed by atoms with Crippen molar-refractivity contribution in [2.45, 2.75) is 32.7 Å². The molecule has 118 valence electrons. The Morgan fingerprint density at radius 3 is 3.05 bits per heavy atom. The van der Waals surface area contributed by atoms with E-state index in [1.54, 1.807) is 18.4 Å². The van der Waals surface area contributed by atoms with Crippen molar-refractivity contribution in [2.75, 3.05) is 20.3 Å². The van der Waals surface area contributed by atoms with E-state index < -0.39 is 0 Å². The van der Waals surface area contributed by atoms with Crippen LogP contribution in [-0.2, 0) is 24.1 Å². The molecule has 1 amide bonds. The van der Waals surface area contributed by atoms with Crippen molar-refractivity contribution >= 4 is 17.2 Å². The van der Waals surface area contributed by atoms with Gasteiger partial charge < -0.3 is 9.64 Å². The summed E-state index contributed by atoms with van der Waals surface area (Å²) in [5.41, 5.74) is 2.83. The van der Waals surface area contributed by atoms with E-state index >= 15 is 0 Å². The van der Waals surface area contributed by atoms with Gasteiger partial charge in [0.15, 0.2) is 5.69 Å². The number of carbonyl (C=O) groups excluding carboxylic acids is 1. The summed E-state index contributed by atoms with van der Waals surface area (Å²) in [7, 11) is 1.66. The normalized spacial score (nSPS) is 13.4. The van der Waals surface area contributed by atoms with Gasteiger partial charge in [-0.2, -0.15) is 5.10 Å². The van der Waals surface area contributed by atoms with Crippen LogP contribution in [-0.4, -0.2) is 41.3 Å². The average molecular weight is 319 g/mol. The summed E-state index contributed by atoms with van der Waals surface area (Å²) in [5.74, 6) is 0.00232. The molecule has 0 saturated carbocycles. The number of nitrogens with zero attached hydrogens (tertiary/aromatic N) is 2. The maximum Gasteiger partial charge on any atom is 0.275 e. The lowest BCUT2D eigenvalue weighted by Gasteiger charge is -2.21. The highest BCUT2D eigenvalue weighted by Crippen LogP contribution is 2.25. The van der Waals surface area contributed by atoms with Gasteiger partial charge >= 0.3 is 0 Å². The van der Waals surface area contributed by atoms with Gasteiger partial charge in [-0.25, -0.2) is 0 Å². The fourth-order valence-corrected chi connectivity index (χ4v) is 3.76. The minimum absolute atomic E-state index is 0.00232. The van der Waals surface area contributed by atoms with Gasteiger partial charge in [0.25, 0.3) is 5.91 Å². The molecule has 1 aliphatic carbocycles. The number of methoxy groups -OCH3 is 1. The monoisotopic (exact) mass is 319 g/mol. The van der Waals surface area contributed by atoms with E-state index in [0.717, 1.165) is 30.5 Å². The first-order valence-electron chi connectivity index (χ1n) is 7.58. The largest absolute Gasteiger partial charge is 0.383 e. The summed E-state index contributed by atoms with van der Waals surface area (Å²) >= 11 is 1.73. The van der Waals surface area contributed by atoms with Gasteiger partial charge in [0, 0.05) is 34.7 Å². The van der Waals surface area contributed by atoms with Gasteiger partial charge in [0.05, 0.1) is 13.2 Å². The quantitative estimate of drug-likeness (QED) is 0.890. The number of aromatic nitrogens is 2. The molecule has 0 radical (unpaired) electrons. The van der Waals surface area contributed by atoms with Crippen molar-refractivity contribution in [3.8, 4) is 0 Å². The number of hydrogen-bond acceptors (Lipinski definition) is 4. The van der Waals surface area contributed by atoms with Gasteiger partial charge in [-0.1, -0.05) is 0 Å². The molecule has 2 heterocycles. The molecular weight excluding hydrogens is 298 g/mol. The Labute approximate surface area is 134 Å². The fourth-order valence-electron chi connectivity index (χ4n) is 2.86. The van der Waals surface area contributed by atoms with Gasteiger partial charge in [-0.15, -0.1) is 11.3 Å². The van der Waals surface area contributed by atoms with Crippen LogP contribution in [0.25, 0.3) is 0 Å². The van der Waals surface area contributed by atoms with Crippen LogP contribution in [0.2, 0.25) is 0 Å². The first-order chi connectivity index (χ1) is 10.7. The Balaban J connectivity index is 1.79. The van der Waals surface area contributed by atoms with E-state index in [2.05, 4.69) is 29.3 Å². The molecule has 0 saturated heterocycles. The highest BCUT2D eigenvalue weighted by Gasteiger charge is 2.26. The van der Waals surface area contributed by atoms with Crippen molar-refractivity contribution < 1.29 is 9.53 Å². The van der Waals surface area contributed by atoms with Crippen LogP contribution in [0.1, 0.15) is 37.9 Å². The topological polar surface area (TPSA) is 58.2 Å². The number of H-pyrrole nitrogens is 1. The summed E-state index contributed by atoms with van der Waals surface area (Å²) in [6.45, 7) is 3.80. The Morgan fingerprint density at radius 1 is 1.45 bits per heavy atom. The summed E-state index contributed by atoms with van der Waals surface area (Å²) < 4.78 is 5.16. The predicted molar refractivity (Wildman–Crippen MR) is 86.3 cm³/mol. The molecule has 2 aromatic heterocycles. The third kappa shape index (κ3) is 3.08. The van der Waals surface area contributed by atoms with Crippen LogP contribution in [0, 0.1) is 6.92 Å². The number of nitrogens with one attached hydrogen (secondary N) is 1. The smallest absolute Gasteiger partial charge is 0.275 e. The maximum absolute atomic E-state index is 12.9. The number of carbonyl (C=O) groups is 1. The molecule has 0 spiro atoms. The molecule has 0 fully saturated rings. The highest BCUT2D eigenvalue weighted by atomic mass is 32.1. The third-order valence-corrected chi connectivity index (χ3v) is 4.99. The molecule has 1 N–H and O–H groups in total. The lowest BCUT2D eigenvalue weighted by atomic mass is 10.2. The van der Waals surface area contributed by atoms with E-state index in [1.165, 1.54) is 9.75 Å². The van der Waals surface area contributed by atoms with Crippen LogP contribution in [0.5, 0.6) is 0 Å². The van der Waals surface area contributed by atoms with Crippen molar-refractivity contribution in [3.05, 3.63) is 38.8 Å². The first-order valence-corrected chi connectivity index (χ1v) is 8.40. The molecular formula is C16H21N3O2S. The number of thiophene rings is 1. The first kappa shape index (κ1) is 15.2. The summed E-state index contributed by atoms with van der Waals surface area (Å²) in [6, 6.07) is 4.17. The molecule has 2 aromatic rings. The second-order valence-corrected chi connectivity index (χ2v) is 6.99. The Bertz CT molecular complexity index is 662. The van der Waals surface area contributed by atoms with Crippen molar-refractivity contribution in [3.63, 3.8) is 0 Å². The maximum atomic E-state index is 12.9. The number of ether oxygens (including phenoxy) is 1. The minimum Gasteiger partial charge on any atom is -0.383 e. The van der Waals surface area contributed by atoms with E-state index in [4.69, 9.17) is 4.74 Å². The molecule has 0 aromatic carbocycles. The Kier molecular flexibility index (Phi) is 4.59. The molecule has 1 aliphatic rings. The third-order valence-electron chi connectivity index (χ3n) is 4.00. The van der Waals surface area contributed by atoms with Gasteiger partial charge in [-0.3, -0.25) is 9.89 Å². The second-order valence-electron chi connectivity index (χ2n) is 5.61. The summed E-state index contributed by atoms with van der Waals surface area (Å²) in [4.78, 5) is 17.2. The minimum atomic E-state index is 0.00232. The molecule has 0 atom stereocenters. The second kappa shape index (κ2) is 6.62. The zero-order valence-corrected chi connectivity index (χ0v) is 13.8. The number of rotatable bonds is 6. The number of fused-ring (bicyclic) bond motifs is 1. The average Bonchev–Trinajstić information content (AvgIpc) is 3.19. The zero-order chi connectivity index (χ0) is 15.5. The van der Waals surface area contributed by atoms with Crippen LogP contribution < -0.4 is 0 Å². The number of hydrogen-bond donors (Lipinski definition) is 1. The summed E-state index contributed by atoms with van der Waals surface area (Å²) in [6.07, 6.45) is 3.05. The zero-order valence-electron chi connectivity index (χ0n) is 13.0. The number of aromatic amines is 1. The molecule has 0 bridgehead atoms. The molecule has 0 unspecified atom stereocenters. The van der Waals surface area contributed by atoms with Crippen molar-refractivity contribution in [1.82, 2.24) is 15.1 Å². The number of aryl methyl sites for hydroxylation is 2. The SMILES string of the molecule is COCCN(Cc1ccc(C)s1)C(=O)c1n[nH]c2c1CCC2. The van der Waals surface area contributed by atoms with E-state index in [-0.39, 0.29) is 5.91 Å². The van der Waals surface area contributed by atoms with Crippen LogP contribution in [0.4, 0.5) is 0 Å². The van der Waals surface area contributed by atoms with Gasteiger partial charge in [-0.05, 0) is 38.3 Å². The lowest BCUT2D eigenvalue weighted by molar-refractivity contribution is 0.0675. The Morgan fingerprint density at radius 2 is 2.32 bits per heavy atom. The van der Waals surface area contributed by atoms with E-state index in [9.17, 15) is 4.79 Å². The molecule has 22 heavy (non-hydrogen) atoms. The van der Waals surface area contributed by atoms with Gasteiger partial charge in [0.2, 0.25) is 0 Å². The van der Waals surface area contributed by atoms with Crippen LogP contribution in [0.15, 0.2) is 12.1 Å². The van der Waals surface area contributed by atoms with Crippen LogP contribution in [0.3, 0.4) is 0 Å². The molecule has 6 heteroatoms. The lowest BCUT2D eigenvalue weighted by Crippen LogP contribution is -2.34. The standard InChI is InChI=1S/C16H21N3O2S/c1-11-6-7-12(22-11)10-19(8-9-21-2)16(20)15-13-4-3-5-14(13)17-18-15/h6-7H,3-5,8-10H2,1-2H3,(H,17,18). The van der Waals surface area contributed by atoms with E-state index in [0.29, 0.717) is 25.4 Å². The van der Waals surface area contributed by atoms with Gasteiger partial charge in [0.1, 0.15) is 0 Å². The summed E-state index contributed by atoms with van der Waals surface area (Å²) in [5, 5.41) is 7.28.